The molecule has 0 radical (unpaired) electrons. The highest BCUT2D eigenvalue weighted by Gasteiger charge is 2.27. The van der Waals surface area contributed by atoms with Crippen molar-refractivity contribution in [3.05, 3.63) is 0 Å². The van der Waals surface area contributed by atoms with Gasteiger partial charge in [-0.1, -0.05) is 0 Å². The topological polar surface area (TPSA) is 95.7 Å². The largest absolute Gasteiger partial charge is 0.465 e. The molecule has 1 unspecified atom stereocenters. The first-order chi connectivity index (χ1) is 6.15. The van der Waals surface area contributed by atoms with Crippen molar-refractivity contribution >= 4 is 12.0 Å². The van der Waals surface area contributed by atoms with Gasteiger partial charge >= 0.3 is 6.09 Å². The van der Waals surface area contributed by atoms with Gasteiger partial charge in [-0.05, 0) is 12.8 Å². The van der Waals surface area contributed by atoms with Crippen LogP contribution in [0.5, 0.6) is 0 Å². The van der Waals surface area contributed by atoms with E-state index in [0.717, 1.165) is 0 Å². The van der Waals surface area contributed by atoms with E-state index in [1.54, 1.807) is 0 Å². The van der Waals surface area contributed by atoms with Crippen LogP contribution in [-0.2, 0) is 4.79 Å². The number of nitrogens with one attached hydrogen (secondary N) is 1. The van der Waals surface area contributed by atoms with E-state index in [-0.39, 0.29) is 18.4 Å². The molecule has 1 rings (SSSR count). The van der Waals surface area contributed by atoms with E-state index in [4.69, 9.17) is 10.9 Å². The molecule has 6 heteroatoms. The van der Waals surface area contributed by atoms with Crippen molar-refractivity contribution in [1.29, 1.82) is 0 Å². The second-order valence-electron chi connectivity index (χ2n) is 3.08. The highest BCUT2D eigenvalue weighted by Crippen LogP contribution is 2.16. The van der Waals surface area contributed by atoms with Gasteiger partial charge < -0.3 is 10.0 Å². The molecule has 0 bridgehead atoms. The number of carbonyl (C=O) groups excluding carboxylic acids is 1. The fourth-order valence-electron chi connectivity index (χ4n) is 1.48. The maximum Gasteiger partial charge on any atom is 0.407 e. The second kappa shape index (κ2) is 4.08. The van der Waals surface area contributed by atoms with Gasteiger partial charge in [-0.3, -0.25) is 10.2 Å². The predicted molar refractivity (Wildman–Crippen MR) is 44.7 cm³/mol. The van der Waals surface area contributed by atoms with Crippen molar-refractivity contribution < 1.29 is 14.7 Å². The molecule has 1 aliphatic heterocycles. The molecule has 0 aromatic carbocycles. The van der Waals surface area contributed by atoms with Crippen LogP contribution in [0.15, 0.2) is 0 Å². The lowest BCUT2D eigenvalue weighted by Gasteiger charge is -2.29. The Kier molecular flexibility index (Phi) is 3.07. The van der Waals surface area contributed by atoms with Gasteiger partial charge in [-0.2, -0.15) is 0 Å². The van der Waals surface area contributed by atoms with Gasteiger partial charge in [-0.15, -0.1) is 0 Å². The molecule has 6 nitrogen and oxygen atoms in total. The first-order valence-electron chi connectivity index (χ1n) is 4.13. The average Bonchev–Trinajstić information content (AvgIpc) is 2.17. The van der Waals surface area contributed by atoms with Crippen molar-refractivity contribution in [3.8, 4) is 0 Å². The number of piperidine rings is 1. The van der Waals surface area contributed by atoms with E-state index >= 15 is 0 Å². The van der Waals surface area contributed by atoms with Gasteiger partial charge in [0.1, 0.15) is 0 Å². The van der Waals surface area contributed by atoms with Crippen LogP contribution in [0.1, 0.15) is 12.8 Å². The first kappa shape index (κ1) is 9.79. The molecule has 0 spiro atoms. The number of nitrogens with two attached hydrogens (primary N) is 1. The van der Waals surface area contributed by atoms with Crippen molar-refractivity contribution in [3.63, 3.8) is 0 Å². The minimum absolute atomic E-state index is 0.248. The lowest BCUT2D eigenvalue weighted by Crippen LogP contribution is -2.46. The summed E-state index contributed by atoms with van der Waals surface area (Å²) >= 11 is 0. The van der Waals surface area contributed by atoms with Crippen LogP contribution >= 0.6 is 0 Å². The zero-order valence-corrected chi connectivity index (χ0v) is 7.19. The zero-order chi connectivity index (χ0) is 9.84. The molecule has 1 heterocycles. The van der Waals surface area contributed by atoms with Crippen LogP contribution in [0.3, 0.4) is 0 Å². The molecule has 0 aliphatic carbocycles. The molecule has 1 aliphatic rings. The third-order valence-corrected chi connectivity index (χ3v) is 2.20. The molecular weight excluding hydrogens is 174 g/mol. The number of carboxylic acid groups (broad SMARTS) is 1. The van der Waals surface area contributed by atoms with Crippen LogP contribution < -0.4 is 11.3 Å². The third-order valence-electron chi connectivity index (χ3n) is 2.20. The van der Waals surface area contributed by atoms with E-state index in [9.17, 15) is 9.59 Å². The summed E-state index contributed by atoms with van der Waals surface area (Å²) in [5.74, 6) is 4.38. The molecule has 2 amide bonds. The van der Waals surface area contributed by atoms with Crippen LogP contribution in [0, 0.1) is 5.92 Å². The molecule has 1 saturated heterocycles. The molecule has 0 aromatic rings. The average molecular weight is 187 g/mol. The number of nitrogens with zero attached hydrogens (tertiary/aromatic N) is 1. The standard InChI is InChI=1S/C7H13N3O3/c8-9-6(11)5-2-1-3-10(4-5)7(12)13/h5H,1-4,8H2,(H,9,11)(H,12,13). The number of likely N-dealkylation sites (tertiary alicyclic amines) is 1. The molecule has 0 saturated carbocycles. The Balaban J connectivity index is 2.51. The molecule has 1 atom stereocenters. The number of amides is 2. The summed E-state index contributed by atoms with van der Waals surface area (Å²) in [7, 11) is 0. The van der Waals surface area contributed by atoms with Gasteiger partial charge in [0, 0.05) is 13.1 Å². The van der Waals surface area contributed by atoms with Gasteiger partial charge in [0.05, 0.1) is 5.92 Å². The Bertz CT molecular complexity index is 219. The Morgan fingerprint density at radius 3 is 2.77 bits per heavy atom. The molecule has 74 valence electrons. The molecule has 13 heavy (non-hydrogen) atoms. The van der Waals surface area contributed by atoms with Gasteiger partial charge in [0.2, 0.25) is 5.91 Å². The Morgan fingerprint density at radius 1 is 1.54 bits per heavy atom. The normalized spacial score (nSPS) is 22.5. The number of carbonyl (C=O) groups is 2. The molecule has 0 aromatic heterocycles. The van der Waals surface area contributed by atoms with Crippen LogP contribution in [0.2, 0.25) is 0 Å². The fourth-order valence-corrected chi connectivity index (χ4v) is 1.48. The lowest BCUT2D eigenvalue weighted by atomic mass is 9.98. The monoisotopic (exact) mass is 187 g/mol. The minimum atomic E-state index is -0.977. The smallest absolute Gasteiger partial charge is 0.407 e. The summed E-state index contributed by atoms with van der Waals surface area (Å²) in [5.41, 5.74) is 2.04. The molecule has 4 N–H and O–H groups in total. The number of hydrogen-bond donors (Lipinski definition) is 3. The second-order valence-corrected chi connectivity index (χ2v) is 3.08. The summed E-state index contributed by atoms with van der Waals surface area (Å²) in [6.07, 6.45) is 0.437. The van der Waals surface area contributed by atoms with Gasteiger partial charge in [0.15, 0.2) is 0 Å². The van der Waals surface area contributed by atoms with Crippen LogP contribution in [0.4, 0.5) is 4.79 Å². The Morgan fingerprint density at radius 2 is 2.23 bits per heavy atom. The van der Waals surface area contributed by atoms with Crippen LogP contribution in [-0.4, -0.2) is 35.1 Å². The van der Waals surface area contributed by atoms with Crippen molar-refractivity contribution in [2.75, 3.05) is 13.1 Å². The van der Waals surface area contributed by atoms with Gasteiger partial charge in [-0.25, -0.2) is 10.6 Å². The zero-order valence-electron chi connectivity index (χ0n) is 7.19. The fraction of sp³-hybridized carbons (Fsp3) is 0.714. The Hall–Kier alpha value is -1.30. The molecule has 1 fully saturated rings. The van der Waals surface area contributed by atoms with Crippen molar-refractivity contribution in [2.24, 2.45) is 11.8 Å². The summed E-state index contributed by atoms with van der Waals surface area (Å²) in [6, 6.07) is 0. The molecular formula is C7H13N3O3. The maximum absolute atomic E-state index is 11.1. The third kappa shape index (κ3) is 2.32. The predicted octanol–water partition coefficient (Wildman–Crippen LogP) is -0.634. The quantitative estimate of drug-likeness (QED) is 0.289. The minimum Gasteiger partial charge on any atom is -0.465 e. The van der Waals surface area contributed by atoms with E-state index in [1.807, 2.05) is 5.43 Å². The summed E-state index contributed by atoms with van der Waals surface area (Å²) < 4.78 is 0. The number of hydrazine groups is 1. The van der Waals surface area contributed by atoms with E-state index in [2.05, 4.69) is 0 Å². The van der Waals surface area contributed by atoms with Crippen molar-refractivity contribution in [2.45, 2.75) is 12.8 Å². The first-order valence-corrected chi connectivity index (χ1v) is 4.13. The lowest BCUT2D eigenvalue weighted by molar-refractivity contribution is -0.126. The van der Waals surface area contributed by atoms with E-state index < -0.39 is 6.09 Å². The maximum atomic E-state index is 11.1. The van der Waals surface area contributed by atoms with E-state index in [1.165, 1.54) is 4.90 Å². The summed E-state index contributed by atoms with van der Waals surface area (Å²) in [5, 5.41) is 8.67. The number of hydrogen-bond acceptors (Lipinski definition) is 3. The highest BCUT2D eigenvalue weighted by atomic mass is 16.4. The van der Waals surface area contributed by atoms with E-state index in [0.29, 0.717) is 19.4 Å². The SMILES string of the molecule is NNC(=O)C1CCCN(C(=O)O)C1. The van der Waals surface area contributed by atoms with Gasteiger partial charge in [0.25, 0.3) is 0 Å². The Labute approximate surface area is 75.7 Å². The van der Waals surface area contributed by atoms with Crippen molar-refractivity contribution in [1.82, 2.24) is 10.3 Å². The highest BCUT2D eigenvalue weighted by molar-refractivity contribution is 5.79. The van der Waals surface area contributed by atoms with Crippen LogP contribution in [0.25, 0.3) is 0 Å². The number of rotatable bonds is 1. The summed E-state index contributed by atoms with van der Waals surface area (Å²) in [6.45, 7) is 0.752. The summed E-state index contributed by atoms with van der Waals surface area (Å²) in [4.78, 5) is 22.9.